The molecule has 3 rings (SSSR count). The van der Waals surface area contributed by atoms with Gasteiger partial charge in [0, 0.05) is 0 Å². The average Bonchev–Trinajstić information content (AvgIpc) is 2.81. The van der Waals surface area contributed by atoms with Crippen molar-refractivity contribution in [3.63, 3.8) is 0 Å². The van der Waals surface area contributed by atoms with E-state index in [1.807, 2.05) is 13.8 Å². The van der Waals surface area contributed by atoms with Crippen LogP contribution in [0.3, 0.4) is 0 Å². The maximum atomic E-state index is 9.68. The molecule has 5 heteroatoms. The van der Waals surface area contributed by atoms with Crippen LogP contribution in [0.25, 0.3) is 0 Å². The van der Waals surface area contributed by atoms with Gasteiger partial charge in [-0.2, -0.15) is 0 Å². The van der Waals surface area contributed by atoms with Crippen LogP contribution in [0.2, 0.25) is 0 Å². The number of aromatic hydroxyl groups is 4. The standard InChI is InChI=1S/C18H18O5/c1-9-10(2)18(12-4-6-14(20)16(22)8-12)23-17(9)11-3-5-13(19)15(21)7-11/h3-8,17-22H,1-2H3. The zero-order valence-corrected chi connectivity index (χ0v) is 12.8. The predicted molar refractivity (Wildman–Crippen MR) is 84.5 cm³/mol. The number of rotatable bonds is 2. The van der Waals surface area contributed by atoms with Gasteiger partial charge in [0.15, 0.2) is 23.0 Å². The highest BCUT2D eigenvalue weighted by atomic mass is 16.5. The highest BCUT2D eigenvalue weighted by molar-refractivity contribution is 5.47. The second kappa shape index (κ2) is 5.52. The summed E-state index contributed by atoms with van der Waals surface area (Å²) < 4.78 is 6.09. The Bertz CT molecular complexity index is 728. The third kappa shape index (κ3) is 2.59. The van der Waals surface area contributed by atoms with E-state index in [1.54, 1.807) is 12.1 Å². The molecule has 2 atom stereocenters. The van der Waals surface area contributed by atoms with Gasteiger partial charge in [0.2, 0.25) is 0 Å². The van der Waals surface area contributed by atoms with Gasteiger partial charge in [-0.25, -0.2) is 0 Å². The van der Waals surface area contributed by atoms with Crippen LogP contribution in [-0.4, -0.2) is 20.4 Å². The molecule has 1 aliphatic heterocycles. The van der Waals surface area contributed by atoms with E-state index in [0.717, 1.165) is 22.3 Å². The summed E-state index contributed by atoms with van der Waals surface area (Å²) in [5.74, 6) is -0.736. The summed E-state index contributed by atoms with van der Waals surface area (Å²) >= 11 is 0. The molecule has 1 heterocycles. The van der Waals surface area contributed by atoms with Crippen LogP contribution < -0.4 is 0 Å². The Morgan fingerprint density at radius 1 is 0.652 bits per heavy atom. The molecule has 5 nitrogen and oxygen atoms in total. The van der Waals surface area contributed by atoms with Gasteiger partial charge < -0.3 is 25.2 Å². The molecule has 0 aromatic heterocycles. The number of benzene rings is 2. The molecule has 2 aromatic rings. The molecule has 0 radical (unpaired) electrons. The molecular formula is C18H18O5. The minimum absolute atomic E-state index is 0.176. The van der Waals surface area contributed by atoms with E-state index in [4.69, 9.17) is 4.74 Å². The van der Waals surface area contributed by atoms with Gasteiger partial charge in [-0.3, -0.25) is 0 Å². The summed E-state index contributed by atoms with van der Waals surface area (Å²) in [6, 6.07) is 9.22. The molecule has 2 aromatic carbocycles. The molecule has 1 aliphatic rings. The Kier molecular flexibility index (Phi) is 3.66. The van der Waals surface area contributed by atoms with Crippen molar-refractivity contribution >= 4 is 0 Å². The Balaban J connectivity index is 1.95. The molecule has 0 bridgehead atoms. The van der Waals surface area contributed by atoms with E-state index in [2.05, 4.69) is 0 Å². The highest BCUT2D eigenvalue weighted by Crippen LogP contribution is 2.46. The lowest BCUT2D eigenvalue weighted by Gasteiger charge is -2.17. The molecule has 2 unspecified atom stereocenters. The largest absolute Gasteiger partial charge is 0.504 e. The lowest BCUT2D eigenvalue weighted by molar-refractivity contribution is 0.0515. The van der Waals surface area contributed by atoms with Crippen molar-refractivity contribution in [1.82, 2.24) is 0 Å². The molecular weight excluding hydrogens is 296 g/mol. The van der Waals surface area contributed by atoms with Crippen molar-refractivity contribution in [2.45, 2.75) is 26.1 Å². The van der Waals surface area contributed by atoms with Crippen molar-refractivity contribution in [3.8, 4) is 23.0 Å². The van der Waals surface area contributed by atoms with Crippen LogP contribution in [0.1, 0.15) is 37.2 Å². The average molecular weight is 314 g/mol. The second-order valence-electron chi connectivity index (χ2n) is 5.76. The molecule has 23 heavy (non-hydrogen) atoms. The van der Waals surface area contributed by atoms with Crippen molar-refractivity contribution < 1.29 is 25.2 Å². The van der Waals surface area contributed by atoms with Crippen molar-refractivity contribution in [1.29, 1.82) is 0 Å². The fourth-order valence-electron chi connectivity index (χ4n) is 2.82. The molecule has 0 saturated carbocycles. The maximum Gasteiger partial charge on any atom is 0.157 e. The van der Waals surface area contributed by atoms with Gasteiger partial charge in [0.05, 0.1) is 0 Å². The SMILES string of the molecule is CC1=C(C)C(c2ccc(O)c(O)c2)OC1c1ccc(O)c(O)c1. The summed E-state index contributed by atoms with van der Waals surface area (Å²) in [4.78, 5) is 0. The minimum atomic E-state index is -0.345. The third-order valence-electron chi connectivity index (χ3n) is 4.29. The zero-order chi connectivity index (χ0) is 16.7. The lowest BCUT2D eigenvalue weighted by Crippen LogP contribution is -2.03. The van der Waals surface area contributed by atoms with Gasteiger partial charge in [-0.1, -0.05) is 12.1 Å². The van der Waals surface area contributed by atoms with Crippen molar-refractivity contribution in [3.05, 3.63) is 58.7 Å². The van der Waals surface area contributed by atoms with Crippen LogP contribution >= 0.6 is 0 Å². The molecule has 0 fully saturated rings. The van der Waals surface area contributed by atoms with E-state index in [-0.39, 0.29) is 35.2 Å². The summed E-state index contributed by atoms with van der Waals surface area (Å²) in [6.45, 7) is 3.90. The number of hydrogen-bond donors (Lipinski definition) is 4. The van der Waals surface area contributed by atoms with Crippen LogP contribution in [0.4, 0.5) is 0 Å². The van der Waals surface area contributed by atoms with Crippen LogP contribution in [0, 0.1) is 0 Å². The predicted octanol–water partition coefficient (Wildman–Crippen LogP) is 3.66. The Morgan fingerprint density at radius 3 is 1.39 bits per heavy atom. The first-order valence-corrected chi connectivity index (χ1v) is 7.25. The molecule has 0 amide bonds. The molecule has 0 aliphatic carbocycles. The quantitative estimate of drug-likeness (QED) is 0.502. The van der Waals surface area contributed by atoms with Crippen molar-refractivity contribution in [2.75, 3.05) is 0 Å². The lowest BCUT2D eigenvalue weighted by atomic mass is 9.97. The van der Waals surface area contributed by atoms with Gasteiger partial charge in [0.25, 0.3) is 0 Å². The second-order valence-corrected chi connectivity index (χ2v) is 5.76. The summed E-state index contributed by atoms with van der Waals surface area (Å²) in [6.07, 6.45) is -0.690. The summed E-state index contributed by atoms with van der Waals surface area (Å²) in [7, 11) is 0. The molecule has 0 saturated heterocycles. The fraction of sp³-hybridized carbons (Fsp3) is 0.222. The van der Waals surface area contributed by atoms with Gasteiger partial charge in [0.1, 0.15) is 12.2 Å². The van der Waals surface area contributed by atoms with Crippen LogP contribution in [0.5, 0.6) is 23.0 Å². The summed E-state index contributed by atoms with van der Waals surface area (Å²) in [5.41, 5.74) is 3.49. The Morgan fingerprint density at radius 2 is 1.04 bits per heavy atom. The number of hydrogen-bond acceptors (Lipinski definition) is 5. The monoisotopic (exact) mass is 314 g/mol. The van der Waals surface area contributed by atoms with Crippen LogP contribution in [0.15, 0.2) is 47.5 Å². The molecule has 4 N–H and O–H groups in total. The normalized spacial score (nSPS) is 21.0. The summed E-state index contributed by atoms with van der Waals surface area (Å²) in [5, 5.41) is 38.2. The Hall–Kier alpha value is -2.66. The van der Waals surface area contributed by atoms with E-state index in [1.165, 1.54) is 24.3 Å². The highest BCUT2D eigenvalue weighted by Gasteiger charge is 2.32. The maximum absolute atomic E-state index is 9.68. The number of phenolic OH excluding ortho intramolecular Hbond substituents is 4. The third-order valence-corrected chi connectivity index (χ3v) is 4.29. The van der Waals surface area contributed by atoms with E-state index in [9.17, 15) is 20.4 Å². The minimum Gasteiger partial charge on any atom is -0.504 e. The van der Waals surface area contributed by atoms with E-state index in [0.29, 0.717) is 0 Å². The Labute approximate surface area is 133 Å². The van der Waals surface area contributed by atoms with E-state index >= 15 is 0 Å². The fourth-order valence-corrected chi connectivity index (χ4v) is 2.82. The van der Waals surface area contributed by atoms with E-state index < -0.39 is 0 Å². The zero-order valence-electron chi connectivity index (χ0n) is 12.8. The van der Waals surface area contributed by atoms with Gasteiger partial charge in [-0.05, 0) is 60.4 Å². The molecule has 120 valence electrons. The van der Waals surface area contributed by atoms with Gasteiger partial charge >= 0.3 is 0 Å². The number of phenols is 4. The number of ether oxygens (including phenoxy) is 1. The van der Waals surface area contributed by atoms with Crippen LogP contribution in [-0.2, 0) is 4.74 Å². The van der Waals surface area contributed by atoms with Crippen molar-refractivity contribution in [2.24, 2.45) is 0 Å². The smallest absolute Gasteiger partial charge is 0.157 e. The van der Waals surface area contributed by atoms with Gasteiger partial charge in [-0.15, -0.1) is 0 Å². The first-order chi connectivity index (χ1) is 10.9. The first kappa shape index (κ1) is 15.2. The first-order valence-electron chi connectivity index (χ1n) is 7.25. The topological polar surface area (TPSA) is 90.2 Å². The molecule has 0 spiro atoms.